The number of nitrogens with zero attached hydrogens (tertiary/aromatic N) is 3. The van der Waals surface area contributed by atoms with Gasteiger partial charge in [-0.05, 0) is 12.0 Å². The molecule has 3 aromatic rings. The van der Waals surface area contributed by atoms with Gasteiger partial charge in [0.25, 0.3) is 0 Å². The highest BCUT2D eigenvalue weighted by molar-refractivity contribution is 5.77. The van der Waals surface area contributed by atoms with Crippen molar-refractivity contribution < 1.29 is 0 Å². The molecular formula is C18H13N5. The van der Waals surface area contributed by atoms with Gasteiger partial charge in [0.2, 0.25) is 0 Å². The third kappa shape index (κ3) is 2.70. The Morgan fingerprint density at radius 3 is 2.78 bits per heavy atom. The number of aromatic nitrogens is 4. The van der Waals surface area contributed by atoms with E-state index in [2.05, 4.69) is 37.5 Å². The molecule has 2 N–H and O–H groups in total. The van der Waals surface area contributed by atoms with Gasteiger partial charge in [-0.15, -0.1) is 6.42 Å². The van der Waals surface area contributed by atoms with Crippen molar-refractivity contribution in [3.05, 3.63) is 59.9 Å². The highest BCUT2D eigenvalue weighted by Gasteiger charge is 2.14. The summed E-state index contributed by atoms with van der Waals surface area (Å²) < 4.78 is 0. The van der Waals surface area contributed by atoms with Crippen molar-refractivity contribution in [1.82, 2.24) is 20.2 Å². The second-order valence-corrected chi connectivity index (χ2v) is 5.19. The molecule has 1 aliphatic carbocycles. The zero-order chi connectivity index (χ0) is 15.6. The SMILES string of the molecule is C#Cc1cnc(-c2ccccc2)nc1Nc1cc(C2=CC2)[nH]n1. The first-order valence-electron chi connectivity index (χ1n) is 7.24. The highest BCUT2D eigenvalue weighted by atomic mass is 15.2. The molecule has 0 atom stereocenters. The molecule has 0 amide bonds. The Balaban J connectivity index is 1.68. The predicted octanol–water partition coefficient (Wildman–Crippen LogP) is 3.38. The van der Waals surface area contributed by atoms with Gasteiger partial charge < -0.3 is 5.32 Å². The second kappa shape index (κ2) is 5.43. The van der Waals surface area contributed by atoms with Crippen LogP contribution in [0.15, 0.2) is 48.7 Å². The van der Waals surface area contributed by atoms with Crippen LogP contribution in [0.4, 0.5) is 11.6 Å². The van der Waals surface area contributed by atoms with E-state index in [0.29, 0.717) is 23.0 Å². The van der Waals surface area contributed by atoms with E-state index in [4.69, 9.17) is 6.42 Å². The molecule has 0 saturated heterocycles. The lowest BCUT2D eigenvalue weighted by molar-refractivity contribution is 1.07. The molecule has 0 bridgehead atoms. The van der Waals surface area contributed by atoms with Crippen LogP contribution in [-0.2, 0) is 0 Å². The van der Waals surface area contributed by atoms with Crippen molar-refractivity contribution in [3.8, 4) is 23.7 Å². The largest absolute Gasteiger partial charge is 0.322 e. The summed E-state index contributed by atoms with van der Waals surface area (Å²) in [5, 5.41) is 10.4. The van der Waals surface area contributed by atoms with E-state index in [-0.39, 0.29) is 0 Å². The number of H-pyrrole nitrogens is 1. The van der Waals surface area contributed by atoms with Gasteiger partial charge in [-0.25, -0.2) is 9.97 Å². The molecule has 4 rings (SSSR count). The standard InChI is InChI=1S/C18H13N5/c1-2-12-11-19-17(14-6-4-3-5-7-14)21-18(12)20-16-10-15(22-23-16)13-8-9-13/h1,3-8,10-11H,9H2,(H2,19,20,21,22,23). The second-order valence-electron chi connectivity index (χ2n) is 5.19. The molecule has 0 radical (unpaired) electrons. The van der Waals surface area contributed by atoms with Crippen LogP contribution in [0.1, 0.15) is 17.7 Å². The van der Waals surface area contributed by atoms with E-state index < -0.39 is 0 Å². The van der Waals surface area contributed by atoms with Crippen molar-refractivity contribution >= 4 is 17.2 Å². The first kappa shape index (κ1) is 13.3. The van der Waals surface area contributed by atoms with Gasteiger partial charge in [0.05, 0.1) is 11.3 Å². The monoisotopic (exact) mass is 299 g/mol. The fourth-order valence-corrected chi connectivity index (χ4v) is 2.25. The molecule has 2 heterocycles. The minimum Gasteiger partial charge on any atom is -0.322 e. The molecular weight excluding hydrogens is 286 g/mol. The smallest absolute Gasteiger partial charge is 0.161 e. The Hall–Kier alpha value is -3.39. The quantitative estimate of drug-likeness (QED) is 0.725. The van der Waals surface area contributed by atoms with Gasteiger partial charge >= 0.3 is 0 Å². The molecule has 1 aromatic carbocycles. The number of nitrogens with one attached hydrogen (secondary N) is 2. The molecule has 0 spiro atoms. The number of allylic oxidation sites excluding steroid dienone is 2. The number of terminal acetylenes is 1. The van der Waals surface area contributed by atoms with Crippen LogP contribution in [0, 0.1) is 12.3 Å². The van der Waals surface area contributed by atoms with Gasteiger partial charge in [-0.2, -0.15) is 5.10 Å². The van der Waals surface area contributed by atoms with Gasteiger partial charge in [-0.1, -0.05) is 42.3 Å². The maximum absolute atomic E-state index is 5.55. The van der Waals surface area contributed by atoms with E-state index in [1.54, 1.807) is 6.20 Å². The number of hydrogen-bond donors (Lipinski definition) is 2. The lowest BCUT2D eigenvalue weighted by Gasteiger charge is -2.07. The Labute approximate surface area is 133 Å². The molecule has 0 aliphatic heterocycles. The lowest BCUT2D eigenvalue weighted by Crippen LogP contribution is -2.00. The van der Waals surface area contributed by atoms with Gasteiger partial charge in [0.15, 0.2) is 17.5 Å². The zero-order valence-electron chi connectivity index (χ0n) is 12.2. The average molecular weight is 299 g/mol. The van der Waals surface area contributed by atoms with E-state index >= 15 is 0 Å². The van der Waals surface area contributed by atoms with Gasteiger partial charge in [0.1, 0.15) is 0 Å². The van der Waals surface area contributed by atoms with Gasteiger partial charge in [0, 0.05) is 17.8 Å². The summed E-state index contributed by atoms with van der Waals surface area (Å²) >= 11 is 0. The first-order valence-corrected chi connectivity index (χ1v) is 7.24. The molecule has 0 saturated carbocycles. The summed E-state index contributed by atoms with van der Waals surface area (Å²) in [4.78, 5) is 8.88. The van der Waals surface area contributed by atoms with E-state index in [1.165, 1.54) is 5.57 Å². The summed E-state index contributed by atoms with van der Waals surface area (Å²) in [5.74, 6) is 4.47. The van der Waals surface area contributed by atoms with Crippen molar-refractivity contribution in [1.29, 1.82) is 0 Å². The molecule has 5 nitrogen and oxygen atoms in total. The Kier molecular flexibility index (Phi) is 3.13. The molecule has 5 heteroatoms. The molecule has 0 unspecified atom stereocenters. The number of hydrogen-bond acceptors (Lipinski definition) is 4. The molecule has 23 heavy (non-hydrogen) atoms. The van der Waals surface area contributed by atoms with E-state index in [0.717, 1.165) is 17.7 Å². The topological polar surface area (TPSA) is 66.5 Å². The molecule has 2 aromatic heterocycles. The Bertz CT molecular complexity index is 932. The van der Waals surface area contributed by atoms with Crippen molar-refractivity contribution in [2.24, 2.45) is 0 Å². The lowest BCUT2D eigenvalue weighted by atomic mass is 10.2. The van der Waals surface area contributed by atoms with Crippen molar-refractivity contribution in [3.63, 3.8) is 0 Å². The summed E-state index contributed by atoms with van der Waals surface area (Å²) in [7, 11) is 0. The minimum absolute atomic E-state index is 0.573. The number of benzene rings is 1. The highest BCUT2D eigenvalue weighted by Crippen LogP contribution is 2.31. The average Bonchev–Trinajstić information content (AvgIpc) is 3.35. The van der Waals surface area contributed by atoms with Crippen LogP contribution in [0.2, 0.25) is 0 Å². The van der Waals surface area contributed by atoms with Crippen molar-refractivity contribution in [2.45, 2.75) is 6.42 Å². The third-order valence-electron chi connectivity index (χ3n) is 3.55. The van der Waals surface area contributed by atoms with Crippen LogP contribution in [-0.4, -0.2) is 20.2 Å². The van der Waals surface area contributed by atoms with E-state index in [1.807, 2.05) is 36.4 Å². The number of anilines is 2. The fraction of sp³-hybridized carbons (Fsp3) is 0.0556. The van der Waals surface area contributed by atoms with Crippen LogP contribution < -0.4 is 5.32 Å². The fourth-order valence-electron chi connectivity index (χ4n) is 2.25. The maximum Gasteiger partial charge on any atom is 0.161 e. The first-order chi connectivity index (χ1) is 11.3. The van der Waals surface area contributed by atoms with Crippen molar-refractivity contribution in [2.75, 3.05) is 5.32 Å². The molecule has 0 fully saturated rings. The van der Waals surface area contributed by atoms with E-state index in [9.17, 15) is 0 Å². The normalized spacial score (nSPS) is 12.4. The number of aromatic amines is 1. The Morgan fingerprint density at radius 1 is 1.22 bits per heavy atom. The Morgan fingerprint density at radius 2 is 2.04 bits per heavy atom. The summed E-state index contributed by atoms with van der Waals surface area (Å²) in [5.41, 5.74) is 3.83. The van der Waals surface area contributed by atoms with Gasteiger partial charge in [-0.3, -0.25) is 5.10 Å². The van der Waals surface area contributed by atoms with Crippen LogP contribution in [0.25, 0.3) is 17.0 Å². The zero-order valence-corrected chi connectivity index (χ0v) is 12.2. The maximum atomic E-state index is 5.55. The van der Waals surface area contributed by atoms with Crippen LogP contribution in [0.3, 0.4) is 0 Å². The minimum atomic E-state index is 0.573. The summed E-state index contributed by atoms with van der Waals surface area (Å²) in [6.45, 7) is 0. The number of rotatable bonds is 4. The summed E-state index contributed by atoms with van der Waals surface area (Å²) in [6, 6.07) is 11.7. The third-order valence-corrected chi connectivity index (χ3v) is 3.55. The molecule has 110 valence electrons. The van der Waals surface area contributed by atoms with Crippen LogP contribution >= 0.6 is 0 Å². The molecule has 1 aliphatic rings. The van der Waals surface area contributed by atoms with Crippen LogP contribution in [0.5, 0.6) is 0 Å². The summed E-state index contributed by atoms with van der Waals surface area (Å²) in [6.07, 6.45) is 10.4. The predicted molar refractivity (Wildman–Crippen MR) is 89.9 cm³/mol.